The third-order valence-corrected chi connectivity index (χ3v) is 3.53. The van der Waals surface area contributed by atoms with Crippen molar-refractivity contribution in [1.29, 1.82) is 0 Å². The molecule has 1 aromatic heterocycles. The van der Waals surface area contributed by atoms with Gasteiger partial charge in [-0.2, -0.15) is 0 Å². The number of carboxylic acids is 1. The molecule has 98 valence electrons. The molecule has 18 heavy (non-hydrogen) atoms. The van der Waals surface area contributed by atoms with E-state index in [0.29, 0.717) is 18.9 Å². The summed E-state index contributed by atoms with van der Waals surface area (Å²) >= 11 is 3.26. The van der Waals surface area contributed by atoms with Crippen molar-refractivity contribution in [2.24, 2.45) is 0 Å². The molecular weight excluding hydrogens is 302 g/mol. The molecule has 0 spiro atoms. The highest BCUT2D eigenvalue weighted by Crippen LogP contribution is 2.33. The van der Waals surface area contributed by atoms with Crippen LogP contribution in [0.3, 0.4) is 0 Å². The van der Waals surface area contributed by atoms with Crippen LogP contribution < -0.4 is 4.90 Å². The lowest BCUT2D eigenvalue weighted by Crippen LogP contribution is -2.54. The van der Waals surface area contributed by atoms with E-state index >= 15 is 0 Å². The Labute approximate surface area is 113 Å². The molecule has 6 nitrogen and oxygen atoms in total. The fraction of sp³-hybridized carbons (Fsp3) is 0.545. The molecule has 1 N–H and O–H groups in total. The molecule has 1 fully saturated rings. The van der Waals surface area contributed by atoms with E-state index in [1.165, 1.54) is 7.11 Å². The summed E-state index contributed by atoms with van der Waals surface area (Å²) in [5.41, 5.74) is -1.05. The Morgan fingerprint density at radius 1 is 1.61 bits per heavy atom. The molecule has 0 aliphatic carbocycles. The largest absolute Gasteiger partial charge is 0.479 e. The van der Waals surface area contributed by atoms with Crippen molar-refractivity contribution in [3.63, 3.8) is 0 Å². The first kappa shape index (κ1) is 13.2. The van der Waals surface area contributed by atoms with Gasteiger partial charge in [0.1, 0.15) is 0 Å². The molecule has 1 aliphatic heterocycles. The monoisotopic (exact) mass is 315 g/mol. The number of carboxylic acid groups (broad SMARTS) is 1. The van der Waals surface area contributed by atoms with Crippen LogP contribution in [0.1, 0.15) is 12.8 Å². The van der Waals surface area contributed by atoms with Crippen LogP contribution in [0.5, 0.6) is 0 Å². The van der Waals surface area contributed by atoms with Gasteiger partial charge in [0.15, 0.2) is 5.54 Å². The van der Waals surface area contributed by atoms with Crippen LogP contribution in [0.15, 0.2) is 16.9 Å². The molecule has 1 saturated heterocycles. The molecule has 0 amide bonds. The fourth-order valence-corrected chi connectivity index (χ4v) is 2.49. The van der Waals surface area contributed by atoms with Gasteiger partial charge in [-0.05, 0) is 28.8 Å². The highest BCUT2D eigenvalue weighted by Gasteiger charge is 2.49. The van der Waals surface area contributed by atoms with Gasteiger partial charge < -0.3 is 14.7 Å². The Morgan fingerprint density at radius 2 is 2.28 bits per heavy atom. The zero-order chi connectivity index (χ0) is 13.2. The molecule has 1 aliphatic rings. The lowest BCUT2D eigenvalue weighted by atomic mass is 9.98. The Morgan fingerprint density at radius 3 is 2.83 bits per heavy atom. The molecule has 1 unspecified atom stereocenters. The number of carbonyl (C=O) groups is 1. The Balaban J connectivity index is 2.35. The molecule has 7 heteroatoms. The summed E-state index contributed by atoms with van der Waals surface area (Å²) in [6.45, 7) is 0.749. The van der Waals surface area contributed by atoms with Crippen molar-refractivity contribution in [2.75, 3.05) is 25.2 Å². The van der Waals surface area contributed by atoms with Crippen molar-refractivity contribution in [2.45, 2.75) is 18.4 Å². The molecule has 1 atom stereocenters. The predicted molar refractivity (Wildman–Crippen MR) is 68.6 cm³/mol. The van der Waals surface area contributed by atoms with Gasteiger partial charge in [-0.1, -0.05) is 0 Å². The highest BCUT2D eigenvalue weighted by atomic mass is 79.9. The summed E-state index contributed by atoms with van der Waals surface area (Å²) in [6.07, 6.45) is 4.55. The van der Waals surface area contributed by atoms with Crippen molar-refractivity contribution in [3.8, 4) is 0 Å². The average molecular weight is 316 g/mol. The van der Waals surface area contributed by atoms with Crippen LogP contribution >= 0.6 is 15.9 Å². The van der Waals surface area contributed by atoms with E-state index in [2.05, 4.69) is 25.9 Å². The first-order valence-corrected chi connectivity index (χ1v) is 6.37. The second-order valence-electron chi connectivity index (χ2n) is 4.23. The number of methoxy groups -OCH3 is 1. The normalized spacial score (nSPS) is 23.3. The Hall–Kier alpha value is -1.21. The van der Waals surface area contributed by atoms with Crippen molar-refractivity contribution >= 4 is 27.8 Å². The van der Waals surface area contributed by atoms with E-state index in [4.69, 9.17) is 4.74 Å². The van der Waals surface area contributed by atoms with Gasteiger partial charge in [-0.3, -0.25) is 0 Å². The number of nitrogens with zero attached hydrogens (tertiary/aromatic N) is 3. The molecule has 0 bridgehead atoms. The summed E-state index contributed by atoms with van der Waals surface area (Å²) < 4.78 is 5.84. The zero-order valence-corrected chi connectivity index (χ0v) is 11.6. The van der Waals surface area contributed by atoms with Gasteiger partial charge in [0.05, 0.1) is 11.1 Å². The lowest BCUT2D eigenvalue weighted by molar-refractivity contribution is -0.145. The lowest BCUT2D eigenvalue weighted by Gasteiger charge is -2.33. The maximum absolute atomic E-state index is 11.6. The van der Waals surface area contributed by atoms with Crippen LogP contribution in [-0.2, 0) is 9.53 Å². The number of anilines is 1. The van der Waals surface area contributed by atoms with Crippen LogP contribution in [-0.4, -0.2) is 46.8 Å². The van der Waals surface area contributed by atoms with E-state index in [0.717, 1.165) is 10.9 Å². The van der Waals surface area contributed by atoms with E-state index in [-0.39, 0.29) is 6.61 Å². The third-order valence-electron chi connectivity index (χ3n) is 3.12. The first-order chi connectivity index (χ1) is 8.60. The van der Waals surface area contributed by atoms with Gasteiger partial charge in [0.25, 0.3) is 0 Å². The number of aliphatic carboxylic acids is 1. The van der Waals surface area contributed by atoms with E-state index in [1.807, 2.05) is 0 Å². The van der Waals surface area contributed by atoms with Gasteiger partial charge in [0.2, 0.25) is 5.95 Å². The number of aromatic nitrogens is 2. The van der Waals surface area contributed by atoms with E-state index in [9.17, 15) is 9.90 Å². The Bertz CT molecular complexity index is 440. The average Bonchev–Trinajstić information content (AvgIpc) is 2.76. The standard InChI is InChI=1S/C11H14BrN3O3/c1-18-7-11(9(16)17)3-2-4-15(11)10-13-5-8(12)6-14-10/h5-6H,2-4,7H2,1H3,(H,16,17). The minimum Gasteiger partial charge on any atom is -0.479 e. The van der Waals surface area contributed by atoms with Gasteiger partial charge in [-0.25, -0.2) is 14.8 Å². The number of hydrogen-bond donors (Lipinski definition) is 1. The van der Waals surface area contributed by atoms with Gasteiger partial charge >= 0.3 is 5.97 Å². The maximum Gasteiger partial charge on any atom is 0.332 e. The number of rotatable bonds is 4. The summed E-state index contributed by atoms with van der Waals surface area (Å²) in [4.78, 5) is 21.6. The van der Waals surface area contributed by atoms with Crippen molar-refractivity contribution in [3.05, 3.63) is 16.9 Å². The van der Waals surface area contributed by atoms with Crippen LogP contribution in [0, 0.1) is 0 Å². The second-order valence-corrected chi connectivity index (χ2v) is 5.14. The fourth-order valence-electron chi connectivity index (χ4n) is 2.29. The van der Waals surface area contributed by atoms with Gasteiger partial charge in [-0.15, -0.1) is 0 Å². The smallest absolute Gasteiger partial charge is 0.332 e. The minimum absolute atomic E-state index is 0.127. The summed E-state index contributed by atoms with van der Waals surface area (Å²) in [5, 5.41) is 9.49. The van der Waals surface area contributed by atoms with Gasteiger partial charge in [0, 0.05) is 26.0 Å². The van der Waals surface area contributed by atoms with E-state index < -0.39 is 11.5 Å². The topological polar surface area (TPSA) is 75.6 Å². The van der Waals surface area contributed by atoms with Crippen molar-refractivity contribution in [1.82, 2.24) is 9.97 Å². The molecule has 0 saturated carbocycles. The second kappa shape index (κ2) is 5.19. The van der Waals surface area contributed by atoms with Crippen LogP contribution in [0.2, 0.25) is 0 Å². The number of ether oxygens (including phenoxy) is 1. The third kappa shape index (κ3) is 2.20. The molecule has 1 aromatic rings. The number of hydrogen-bond acceptors (Lipinski definition) is 5. The molecule has 0 aromatic carbocycles. The molecule has 2 rings (SSSR count). The summed E-state index contributed by atoms with van der Waals surface area (Å²) in [5.74, 6) is -0.469. The summed E-state index contributed by atoms with van der Waals surface area (Å²) in [6, 6.07) is 0. The predicted octanol–water partition coefficient (Wildman–Crippen LogP) is 1.31. The SMILES string of the molecule is COCC1(C(=O)O)CCCN1c1ncc(Br)cn1. The molecule has 0 radical (unpaired) electrons. The summed E-state index contributed by atoms with van der Waals surface area (Å²) in [7, 11) is 1.50. The van der Waals surface area contributed by atoms with E-state index in [1.54, 1.807) is 17.3 Å². The minimum atomic E-state index is -1.05. The first-order valence-electron chi connectivity index (χ1n) is 5.58. The molecular formula is C11H14BrN3O3. The Kier molecular flexibility index (Phi) is 3.82. The molecule has 2 heterocycles. The van der Waals surface area contributed by atoms with Crippen molar-refractivity contribution < 1.29 is 14.6 Å². The number of halogens is 1. The highest BCUT2D eigenvalue weighted by molar-refractivity contribution is 9.10. The van der Waals surface area contributed by atoms with Crippen LogP contribution in [0.25, 0.3) is 0 Å². The van der Waals surface area contributed by atoms with Crippen LogP contribution in [0.4, 0.5) is 5.95 Å². The maximum atomic E-state index is 11.6. The quantitative estimate of drug-likeness (QED) is 0.903. The zero-order valence-electron chi connectivity index (χ0n) is 9.97.